The summed E-state index contributed by atoms with van der Waals surface area (Å²) in [7, 11) is 0. The van der Waals surface area contributed by atoms with Crippen molar-refractivity contribution in [1.82, 2.24) is 10.2 Å². The smallest absolute Gasteiger partial charge is 0.257 e. The number of carbonyl (C=O) groups excluding carboxylic acids is 2. The highest BCUT2D eigenvalue weighted by molar-refractivity contribution is 8.01. The number of nitrogens with one attached hydrogen (secondary N) is 2. The quantitative estimate of drug-likeness (QED) is 0.393. The topological polar surface area (TPSA) is 93.2 Å². The van der Waals surface area contributed by atoms with Crippen molar-refractivity contribution < 1.29 is 14.3 Å². The summed E-state index contributed by atoms with van der Waals surface area (Å²) in [5, 5.41) is 14.0. The van der Waals surface area contributed by atoms with Gasteiger partial charge in [-0.15, -0.1) is 10.2 Å². The molecule has 0 spiro atoms. The van der Waals surface area contributed by atoms with Gasteiger partial charge in [-0.25, -0.2) is 0 Å². The van der Waals surface area contributed by atoms with Gasteiger partial charge in [-0.2, -0.15) is 0 Å². The highest BCUT2D eigenvalue weighted by atomic mass is 32.2. The van der Waals surface area contributed by atoms with Gasteiger partial charge in [0.05, 0.1) is 18.0 Å². The molecule has 30 heavy (non-hydrogen) atoms. The van der Waals surface area contributed by atoms with Crippen LogP contribution >= 0.6 is 23.1 Å². The van der Waals surface area contributed by atoms with Crippen molar-refractivity contribution in [3.05, 3.63) is 59.2 Å². The van der Waals surface area contributed by atoms with Crippen LogP contribution in [-0.2, 0) is 4.79 Å². The number of benzene rings is 2. The van der Waals surface area contributed by atoms with E-state index in [0.29, 0.717) is 33.1 Å². The van der Waals surface area contributed by atoms with Crippen molar-refractivity contribution in [3.8, 4) is 5.75 Å². The molecule has 0 aliphatic heterocycles. The summed E-state index contributed by atoms with van der Waals surface area (Å²) < 4.78 is 6.11. The summed E-state index contributed by atoms with van der Waals surface area (Å²) in [6.45, 7) is 6.36. The first-order chi connectivity index (χ1) is 14.5. The molecule has 0 fully saturated rings. The number of para-hydroxylation sites is 2. The third-order valence-electron chi connectivity index (χ3n) is 4.18. The van der Waals surface area contributed by atoms with E-state index in [-0.39, 0.29) is 17.6 Å². The lowest BCUT2D eigenvalue weighted by Crippen LogP contribution is -2.14. The molecule has 0 aliphatic rings. The molecule has 7 nitrogen and oxygen atoms in total. The van der Waals surface area contributed by atoms with Gasteiger partial charge >= 0.3 is 0 Å². The van der Waals surface area contributed by atoms with E-state index in [1.807, 2.05) is 51.1 Å². The Kier molecular flexibility index (Phi) is 7.42. The molecule has 0 saturated heterocycles. The Morgan fingerprint density at radius 3 is 2.63 bits per heavy atom. The van der Waals surface area contributed by atoms with Gasteiger partial charge in [0.25, 0.3) is 5.91 Å². The number of rotatable bonds is 8. The summed E-state index contributed by atoms with van der Waals surface area (Å²) in [4.78, 5) is 24.7. The van der Waals surface area contributed by atoms with E-state index in [1.54, 1.807) is 12.1 Å². The normalized spacial score (nSPS) is 10.5. The van der Waals surface area contributed by atoms with E-state index in [9.17, 15) is 9.59 Å². The fourth-order valence-corrected chi connectivity index (χ4v) is 4.08. The van der Waals surface area contributed by atoms with Gasteiger partial charge in [-0.3, -0.25) is 14.9 Å². The first-order valence-electron chi connectivity index (χ1n) is 9.33. The zero-order valence-electron chi connectivity index (χ0n) is 16.9. The number of anilines is 2. The van der Waals surface area contributed by atoms with Gasteiger partial charge in [-0.1, -0.05) is 41.3 Å². The zero-order valence-corrected chi connectivity index (χ0v) is 18.5. The number of aryl methyl sites for hydroxylation is 2. The van der Waals surface area contributed by atoms with E-state index < -0.39 is 0 Å². The number of amides is 2. The van der Waals surface area contributed by atoms with E-state index in [1.165, 1.54) is 23.1 Å². The Labute approximate surface area is 183 Å². The molecule has 0 saturated carbocycles. The van der Waals surface area contributed by atoms with E-state index >= 15 is 0 Å². The number of thioether (sulfide) groups is 1. The molecule has 0 radical (unpaired) electrons. The minimum Gasteiger partial charge on any atom is -0.492 e. The zero-order chi connectivity index (χ0) is 21.5. The molecule has 1 heterocycles. The first-order valence-corrected chi connectivity index (χ1v) is 11.1. The predicted octanol–water partition coefficient (Wildman–Crippen LogP) is 4.54. The highest BCUT2D eigenvalue weighted by Crippen LogP contribution is 2.27. The predicted molar refractivity (Wildman–Crippen MR) is 121 cm³/mol. The molecule has 9 heteroatoms. The van der Waals surface area contributed by atoms with Crippen LogP contribution in [0.25, 0.3) is 0 Å². The van der Waals surface area contributed by atoms with Crippen LogP contribution in [0.5, 0.6) is 5.75 Å². The number of hydrogen-bond acceptors (Lipinski definition) is 7. The van der Waals surface area contributed by atoms with Crippen molar-refractivity contribution >= 4 is 45.7 Å². The molecule has 2 amide bonds. The molecular formula is C21H22N4O3S2. The number of hydrogen-bond donors (Lipinski definition) is 2. The van der Waals surface area contributed by atoms with Crippen molar-refractivity contribution in [3.63, 3.8) is 0 Å². The van der Waals surface area contributed by atoms with Crippen LogP contribution < -0.4 is 15.4 Å². The summed E-state index contributed by atoms with van der Waals surface area (Å²) in [5.74, 6) is 0.380. The van der Waals surface area contributed by atoms with Gasteiger partial charge in [0, 0.05) is 5.56 Å². The van der Waals surface area contributed by atoms with Crippen LogP contribution in [0.1, 0.15) is 28.4 Å². The van der Waals surface area contributed by atoms with Crippen molar-refractivity contribution in [2.75, 3.05) is 23.0 Å². The maximum Gasteiger partial charge on any atom is 0.257 e. The second kappa shape index (κ2) is 10.2. The summed E-state index contributed by atoms with van der Waals surface area (Å²) in [6.07, 6.45) is 0. The summed E-state index contributed by atoms with van der Waals surface area (Å²) in [6, 6.07) is 12.8. The van der Waals surface area contributed by atoms with Crippen molar-refractivity contribution in [2.45, 2.75) is 25.1 Å². The van der Waals surface area contributed by atoms with Gasteiger partial charge in [-0.05, 0) is 56.2 Å². The highest BCUT2D eigenvalue weighted by Gasteiger charge is 2.13. The maximum absolute atomic E-state index is 12.4. The molecule has 2 aromatic carbocycles. The molecule has 3 aromatic rings. The van der Waals surface area contributed by atoms with Crippen LogP contribution in [0.2, 0.25) is 0 Å². The second-order valence-electron chi connectivity index (χ2n) is 6.39. The largest absolute Gasteiger partial charge is 0.492 e. The number of aromatic nitrogens is 2. The van der Waals surface area contributed by atoms with Gasteiger partial charge < -0.3 is 10.1 Å². The lowest BCUT2D eigenvalue weighted by atomic mass is 10.1. The molecule has 0 aliphatic carbocycles. The molecule has 0 unspecified atom stereocenters. The molecule has 0 atom stereocenters. The molecular weight excluding hydrogens is 420 g/mol. The third kappa shape index (κ3) is 5.80. The van der Waals surface area contributed by atoms with Crippen LogP contribution in [0.15, 0.2) is 46.8 Å². The average Bonchev–Trinajstić information content (AvgIpc) is 3.17. The fraction of sp³-hybridized carbons (Fsp3) is 0.238. The molecule has 1 aromatic heterocycles. The SMILES string of the molecule is CCOc1ccccc1NC(=O)CSc1nnc(NC(=O)c2ccc(C)c(C)c2)s1. The average molecular weight is 443 g/mol. The van der Waals surface area contributed by atoms with E-state index in [4.69, 9.17) is 4.74 Å². The van der Waals surface area contributed by atoms with E-state index in [2.05, 4.69) is 20.8 Å². The Morgan fingerprint density at radius 2 is 1.87 bits per heavy atom. The van der Waals surface area contributed by atoms with Gasteiger partial charge in [0.2, 0.25) is 11.0 Å². The number of carbonyl (C=O) groups is 2. The molecule has 3 rings (SSSR count). The monoisotopic (exact) mass is 442 g/mol. The number of nitrogens with zero attached hydrogens (tertiary/aromatic N) is 2. The minimum atomic E-state index is -0.240. The van der Waals surface area contributed by atoms with Crippen LogP contribution in [0, 0.1) is 13.8 Å². The lowest BCUT2D eigenvalue weighted by Gasteiger charge is -2.10. The molecule has 2 N–H and O–H groups in total. The van der Waals surface area contributed by atoms with E-state index in [0.717, 1.165) is 11.1 Å². The summed E-state index contributed by atoms with van der Waals surface area (Å²) >= 11 is 2.48. The Balaban J connectivity index is 1.53. The Hall–Kier alpha value is -2.91. The fourth-order valence-electron chi connectivity index (χ4n) is 2.54. The third-order valence-corrected chi connectivity index (χ3v) is 6.16. The van der Waals surface area contributed by atoms with Crippen LogP contribution in [0.3, 0.4) is 0 Å². The second-order valence-corrected chi connectivity index (χ2v) is 8.59. The van der Waals surface area contributed by atoms with Crippen molar-refractivity contribution in [1.29, 1.82) is 0 Å². The first kappa shape index (κ1) is 21.8. The van der Waals surface area contributed by atoms with Gasteiger partial charge in [0.1, 0.15) is 5.75 Å². The maximum atomic E-state index is 12.4. The lowest BCUT2D eigenvalue weighted by molar-refractivity contribution is -0.113. The number of ether oxygens (including phenoxy) is 1. The molecule has 0 bridgehead atoms. The Bertz CT molecular complexity index is 1050. The summed E-state index contributed by atoms with van der Waals surface area (Å²) in [5.41, 5.74) is 3.37. The van der Waals surface area contributed by atoms with Gasteiger partial charge in [0.15, 0.2) is 4.34 Å². The Morgan fingerprint density at radius 1 is 1.07 bits per heavy atom. The minimum absolute atomic E-state index is 0.167. The van der Waals surface area contributed by atoms with Crippen molar-refractivity contribution in [2.24, 2.45) is 0 Å². The van der Waals surface area contributed by atoms with Crippen LogP contribution in [0.4, 0.5) is 10.8 Å². The van der Waals surface area contributed by atoms with Crippen LogP contribution in [-0.4, -0.2) is 34.4 Å². The standard InChI is InChI=1S/C21H22N4O3S2/c1-4-28-17-8-6-5-7-16(17)22-18(26)12-29-21-25-24-20(30-21)23-19(27)15-10-9-13(2)14(3)11-15/h5-11H,4,12H2,1-3H3,(H,22,26)(H,23,24,27). The molecule has 156 valence electrons.